The van der Waals surface area contributed by atoms with Crippen molar-refractivity contribution in [3.05, 3.63) is 59.4 Å². The van der Waals surface area contributed by atoms with E-state index >= 15 is 0 Å². The van der Waals surface area contributed by atoms with E-state index in [2.05, 4.69) is 15.3 Å². The number of benzene rings is 1. The number of nitrogens with zero attached hydrogens (tertiary/aromatic N) is 2. The highest BCUT2D eigenvalue weighted by Crippen LogP contribution is 2.25. The molecule has 0 saturated carbocycles. The van der Waals surface area contributed by atoms with Crippen molar-refractivity contribution in [2.24, 2.45) is 0 Å². The van der Waals surface area contributed by atoms with Gasteiger partial charge in [-0.1, -0.05) is 6.07 Å². The lowest BCUT2D eigenvalue weighted by molar-refractivity contribution is -0.121. The Hall–Kier alpha value is -2.93. The van der Waals surface area contributed by atoms with Crippen LogP contribution in [0.1, 0.15) is 17.7 Å². The second-order valence-electron chi connectivity index (χ2n) is 6.16. The third-order valence-corrected chi connectivity index (χ3v) is 5.24. The smallest absolute Gasteiger partial charge is 0.220 e. The van der Waals surface area contributed by atoms with Gasteiger partial charge < -0.3 is 14.8 Å². The number of hydrogen-bond donors (Lipinski definition) is 1. The molecule has 2 aromatic heterocycles. The van der Waals surface area contributed by atoms with Crippen LogP contribution in [0.4, 0.5) is 0 Å². The monoisotopic (exact) mass is 397 g/mol. The molecule has 146 valence electrons. The van der Waals surface area contributed by atoms with Crippen molar-refractivity contribution in [3.63, 3.8) is 0 Å². The number of aromatic nitrogens is 2. The third-order valence-electron chi connectivity index (χ3n) is 4.30. The lowest BCUT2D eigenvalue weighted by Gasteiger charge is -2.11. The number of amides is 1. The van der Waals surface area contributed by atoms with Crippen LogP contribution in [0.3, 0.4) is 0 Å². The summed E-state index contributed by atoms with van der Waals surface area (Å²) in [7, 11) is 3.25. The zero-order valence-corrected chi connectivity index (χ0v) is 16.8. The zero-order chi connectivity index (χ0) is 19.8. The molecule has 0 aliphatic heterocycles. The number of ether oxygens (including phenoxy) is 2. The van der Waals surface area contributed by atoms with E-state index < -0.39 is 0 Å². The number of methoxy groups -OCH3 is 2. The number of thiazole rings is 1. The Morgan fingerprint density at radius 2 is 1.93 bits per heavy atom. The Labute approximate surface area is 168 Å². The first kappa shape index (κ1) is 19.8. The van der Waals surface area contributed by atoms with Gasteiger partial charge in [0.2, 0.25) is 5.91 Å². The molecule has 0 fully saturated rings. The standard InChI is InChI=1S/C21H23N3O3S/c1-26-18-5-3-15(19(13-18)27-2)9-12-23-20(25)6-4-17-14-28-21(24-17)16-7-10-22-11-8-16/h3,5,7-8,10-11,13-14H,4,6,9,12H2,1-2H3,(H,23,25). The molecule has 0 bridgehead atoms. The first-order valence-electron chi connectivity index (χ1n) is 9.02. The van der Waals surface area contributed by atoms with E-state index in [-0.39, 0.29) is 5.91 Å². The fourth-order valence-corrected chi connectivity index (χ4v) is 3.63. The summed E-state index contributed by atoms with van der Waals surface area (Å²) in [5, 5.41) is 5.92. The highest BCUT2D eigenvalue weighted by Gasteiger charge is 2.09. The van der Waals surface area contributed by atoms with Crippen LogP contribution in [-0.4, -0.2) is 36.6 Å². The predicted molar refractivity (Wildman–Crippen MR) is 110 cm³/mol. The Balaban J connectivity index is 1.45. The van der Waals surface area contributed by atoms with Crippen LogP contribution in [0.2, 0.25) is 0 Å². The molecule has 0 aliphatic carbocycles. The summed E-state index contributed by atoms with van der Waals surface area (Å²) < 4.78 is 10.6. The first-order valence-corrected chi connectivity index (χ1v) is 9.90. The highest BCUT2D eigenvalue weighted by atomic mass is 32.1. The molecule has 6 nitrogen and oxygen atoms in total. The van der Waals surface area contributed by atoms with Gasteiger partial charge in [-0.15, -0.1) is 11.3 Å². The van der Waals surface area contributed by atoms with Gasteiger partial charge in [0.15, 0.2) is 0 Å². The summed E-state index contributed by atoms with van der Waals surface area (Å²) in [5.41, 5.74) is 3.01. The molecule has 1 N–H and O–H groups in total. The number of carbonyl (C=O) groups is 1. The molecule has 3 aromatic rings. The zero-order valence-electron chi connectivity index (χ0n) is 16.0. The number of pyridine rings is 1. The van der Waals surface area contributed by atoms with Gasteiger partial charge in [-0.25, -0.2) is 4.98 Å². The van der Waals surface area contributed by atoms with Crippen molar-refractivity contribution in [1.29, 1.82) is 0 Å². The maximum absolute atomic E-state index is 12.1. The van der Waals surface area contributed by atoms with Crippen LogP contribution in [0.5, 0.6) is 11.5 Å². The van der Waals surface area contributed by atoms with Gasteiger partial charge in [-0.2, -0.15) is 0 Å². The maximum atomic E-state index is 12.1. The van der Waals surface area contributed by atoms with E-state index in [1.165, 1.54) is 0 Å². The number of nitrogens with one attached hydrogen (secondary N) is 1. The van der Waals surface area contributed by atoms with Gasteiger partial charge >= 0.3 is 0 Å². The lowest BCUT2D eigenvalue weighted by Crippen LogP contribution is -2.26. The molecule has 28 heavy (non-hydrogen) atoms. The van der Waals surface area contributed by atoms with Crippen LogP contribution in [0, 0.1) is 0 Å². The van der Waals surface area contributed by atoms with Gasteiger partial charge in [0.05, 0.1) is 19.9 Å². The Morgan fingerprint density at radius 1 is 1.11 bits per heavy atom. The third kappa shape index (κ3) is 5.29. The molecule has 0 spiro atoms. The fraction of sp³-hybridized carbons (Fsp3) is 0.286. The Morgan fingerprint density at radius 3 is 2.68 bits per heavy atom. The molecule has 2 heterocycles. The Bertz CT molecular complexity index is 912. The SMILES string of the molecule is COc1ccc(CCNC(=O)CCc2csc(-c3ccncc3)n2)c(OC)c1. The van der Waals surface area contributed by atoms with Crippen molar-refractivity contribution >= 4 is 17.2 Å². The van der Waals surface area contributed by atoms with E-state index in [0.717, 1.165) is 33.3 Å². The minimum Gasteiger partial charge on any atom is -0.497 e. The molecule has 0 saturated heterocycles. The minimum absolute atomic E-state index is 0.0194. The Kier molecular flexibility index (Phi) is 6.97. The highest BCUT2D eigenvalue weighted by molar-refractivity contribution is 7.13. The van der Waals surface area contributed by atoms with Crippen molar-refractivity contribution in [2.45, 2.75) is 19.3 Å². The van der Waals surface area contributed by atoms with Gasteiger partial charge in [-0.3, -0.25) is 9.78 Å². The van der Waals surface area contributed by atoms with Crippen molar-refractivity contribution < 1.29 is 14.3 Å². The van der Waals surface area contributed by atoms with E-state index in [1.807, 2.05) is 35.7 Å². The molecule has 0 radical (unpaired) electrons. The molecular formula is C21H23N3O3S. The molecule has 7 heteroatoms. The molecular weight excluding hydrogens is 374 g/mol. The van der Waals surface area contributed by atoms with Gasteiger partial charge in [-0.05, 0) is 36.6 Å². The normalized spacial score (nSPS) is 10.5. The van der Waals surface area contributed by atoms with Gasteiger partial charge in [0, 0.05) is 42.4 Å². The molecule has 3 rings (SSSR count). The molecule has 0 aliphatic rings. The number of hydrogen-bond acceptors (Lipinski definition) is 6. The number of carbonyl (C=O) groups excluding carboxylic acids is 1. The van der Waals surface area contributed by atoms with Crippen LogP contribution >= 0.6 is 11.3 Å². The van der Waals surface area contributed by atoms with E-state index in [0.29, 0.717) is 25.8 Å². The molecule has 0 unspecified atom stereocenters. The van der Waals surface area contributed by atoms with Crippen LogP contribution in [-0.2, 0) is 17.6 Å². The molecule has 1 aromatic carbocycles. The van der Waals surface area contributed by atoms with Gasteiger partial charge in [0.25, 0.3) is 0 Å². The second-order valence-corrected chi connectivity index (χ2v) is 7.02. The molecule has 1 amide bonds. The first-order chi connectivity index (χ1) is 13.7. The molecule has 0 atom stereocenters. The largest absolute Gasteiger partial charge is 0.497 e. The van der Waals surface area contributed by atoms with E-state index in [9.17, 15) is 4.79 Å². The summed E-state index contributed by atoms with van der Waals surface area (Å²) in [6.45, 7) is 0.556. The quantitative estimate of drug-likeness (QED) is 0.598. The number of aryl methyl sites for hydroxylation is 1. The van der Waals surface area contributed by atoms with Crippen LogP contribution in [0.25, 0.3) is 10.6 Å². The van der Waals surface area contributed by atoms with E-state index in [1.54, 1.807) is 38.0 Å². The summed E-state index contributed by atoms with van der Waals surface area (Å²) in [5.74, 6) is 1.53. The van der Waals surface area contributed by atoms with Crippen LogP contribution < -0.4 is 14.8 Å². The lowest BCUT2D eigenvalue weighted by atomic mass is 10.1. The fourth-order valence-electron chi connectivity index (χ4n) is 2.77. The topological polar surface area (TPSA) is 73.3 Å². The van der Waals surface area contributed by atoms with Crippen LogP contribution in [0.15, 0.2) is 48.1 Å². The van der Waals surface area contributed by atoms with Crippen molar-refractivity contribution in [3.8, 4) is 22.1 Å². The average Bonchev–Trinajstić information content (AvgIpc) is 3.22. The van der Waals surface area contributed by atoms with Crippen molar-refractivity contribution in [2.75, 3.05) is 20.8 Å². The average molecular weight is 398 g/mol. The second kappa shape index (κ2) is 9.85. The maximum Gasteiger partial charge on any atom is 0.220 e. The summed E-state index contributed by atoms with van der Waals surface area (Å²) >= 11 is 1.58. The summed E-state index contributed by atoms with van der Waals surface area (Å²) in [6.07, 6.45) is 5.24. The summed E-state index contributed by atoms with van der Waals surface area (Å²) in [6, 6.07) is 9.56. The predicted octanol–water partition coefficient (Wildman–Crippen LogP) is 3.51. The van der Waals surface area contributed by atoms with Gasteiger partial charge in [0.1, 0.15) is 16.5 Å². The van der Waals surface area contributed by atoms with E-state index in [4.69, 9.17) is 9.47 Å². The summed E-state index contributed by atoms with van der Waals surface area (Å²) in [4.78, 5) is 20.8. The number of rotatable bonds is 9. The van der Waals surface area contributed by atoms with Crippen molar-refractivity contribution in [1.82, 2.24) is 15.3 Å². The minimum atomic E-state index is 0.0194.